The van der Waals surface area contributed by atoms with Gasteiger partial charge in [0.25, 0.3) is 0 Å². The van der Waals surface area contributed by atoms with E-state index in [1.54, 1.807) is 0 Å². The number of morpholine rings is 1. The fourth-order valence-corrected chi connectivity index (χ4v) is 3.90. The average molecular weight is 337 g/mol. The van der Waals surface area contributed by atoms with E-state index >= 15 is 0 Å². The molecule has 2 saturated heterocycles. The van der Waals surface area contributed by atoms with Crippen molar-refractivity contribution in [1.82, 2.24) is 19.9 Å². The molecule has 136 valence electrons. The molecule has 0 bridgehead atoms. The number of aromatic nitrogens is 2. The molecule has 2 fully saturated rings. The average Bonchev–Trinajstić information content (AvgIpc) is 3.01. The van der Waals surface area contributed by atoms with Crippen LogP contribution in [-0.4, -0.2) is 64.9 Å². The summed E-state index contributed by atoms with van der Waals surface area (Å²) in [6.07, 6.45) is 4.55. The van der Waals surface area contributed by atoms with Gasteiger partial charge in [0.05, 0.1) is 25.3 Å². The number of ether oxygens (including phenoxy) is 1. The Bertz CT molecular complexity index is 491. The molecule has 1 aromatic rings. The van der Waals surface area contributed by atoms with Crippen molar-refractivity contribution in [3.05, 3.63) is 11.7 Å². The van der Waals surface area contributed by atoms with Crippen molar-refractivity contribution in [3.8, 4) is 0 Å². The van der Waals surface area contributed by atoms with Crippen molar-refractivity contribution in [2.75, 3.05) is 32.7 Å². The highest BCUT2D eigenvalue weighted by molar-refractivity contribution is 4.87. The van der Waals surface area contributed by atoms with Crippen LogP contribution in [0.4, 0.5) is 0 Å². The van der Waals surface area contributed by atoms with Gasteiger partial charge in [-0.3, -0.25) is 9.80 Å². The minimum Gasteiger partial charge on any atom is -0.373 e. The Morgan fingerprint density at radius 2 is 1.83 bits per heavy atom. The summed E-state index contributed by atoms with van der Waals surface area (Å²) >= 11 is 0. The number of hydrogen-bond acceptors (Lipinski definition) is 7. The highest BCUT2D eigenvalue weighted by atomic mass is 16.5. The minimum absolute atomic E-state index is 0.313. The van der Waals surface area contributed by atoms with E-state index in [9.17, 15) is 0 Å². The van der Waals surface area contributed by atoms with E-state index in [1.165, 1.54) is 25.8 Å². The second-order valence-electron chi connectivity index (χ2n) is 7.33. The Morgan fingerprint density at radius 1 is 1.12 bits per heavy atom. The van der Waals surface area contributed by atoms with Gasteiger partial charge in [0.15, 0.2) is 5.82 Å². The number of likely N-dealkylation sites (tertiary alicyclic amines) is 1. The lowest BCUT2D eigenvalue weighted by atomic mass is 9.93. The van der Waals surface area contributed by atoms with Crippen LogP contribution in [0.25, 0.3) is 0 Å². The third-order valence-corrected chi connectivity index (χ3v) is 5.11. The first-order chi connectivity index (χ1) is 11.6. The third kappa shape index (κ3) is 4.99. The van der Waals surface area contributed by atoms with E-state index in [0.29, 0.717) is 24.6 Å². The first kappa shape index (κ1) is 17.8. The van der Waals surface area contributed by atoms with Crippen LogP contribution in [0.3, 0.4) is 0 Å². The van der Waals surface area contributed by atoms with Crippen molar-refractivity contribution in [2.24, 2.45) is 11.7 Å². The van der Waals surface area contributed by atoms with Crippen LogP contribution in [-0.2, 0) is 17.8 Å². The van der Waals surface area contributed by atoms with Gasteiger partial charge >= 0.3 is 0 Å². The molecule has 1 aromatic heterocycles. The summed E-state index contributed by atoms with van der Waals surface area (Å²) in [7, 11) is 0. The summed E-state index contributed by atoms with van der Waals surface area (Å²) in [5.74, 6) is 2.11. The molecule has 7 nitrogen and oxygen atoms in total. The van der Waals surface area contributed by atoms with Crippen molar-refractivity contribution in [3.63, 3.8) is 0 Å². The SMILES string of the molecule is CC1CN(CCC2CCN(Cc3noc(CN)n3)CC2)CC(C)O1. The fraction of sp³-hybridized carbons (Fsp3) is 0.882. The van der Waals surface area contributed by atoms with Crippen molar-refractivity contribution in [2.45, 2.75) is 58.4 Å². The molecule has 2 aliphatic rings. The summed E-state index contributed by atoms with van der Waals surface area (Å²) in [5.41, 5.74) is 5.50. The van der Waals surface area contributed by atoms with Gasteiger partial charge in [-0.1, -0.05) is 5.16 Å². The van der Waals surface area contributed by atoms with Crippen LogP contribution >= 0.6 is 0 Å². The second-order valence-corrected chi connectivity index (χ2v) is 7.33. The van der Waals surface area contributed by atoms with Gasteiger partial charge in [-0.15, -0.1) is 0 Å². The van der Waals surface area contributed by atoms with Gasteiger partial charge in [-0.2, -0.15) is 4.98 Å². The van der Waals surface area contributed by atoms with Crippen LogP contribution in [0, 0.1) is 5.92 Å². The molecular formula is C17H31N5O2. The molecule has 0 amide bonds. The normalized spacial score (nSPS) is 27.6. The molecule has 0 saturated carbocycles. The standard InChI is InChI=1S/C17H31N5O2/c1-13-10-22(11-14(2)23-13)8-5-15-3-6-21(7-4-15)12-16-19-17(9-18)24-20-16/h13-15H,3-12,18H2,1-2H3. The minimum atomic E-state index is 0.313. The van der Waals surface area contributed by atoms with Crippen molar-refractivity contribution >= 4 is 0 Å². The molecule has 0 aromatic carbocycles. The zero-order valence-corrected chi connectivity index (χ0v) is 15.0. The van der Waals surface area contributed by atoms with E-state index in [0.717, 1.165) is 44.5 Å². The summed E-state index contributed by atoms with van der Waals surface area (Å²) < 4.78 is 10.9. The van der Waals surface area contributed by atoms with Gasteiger partial charge in [0.2, 0.25) is 5.89 Å². The maximum atomic E-state index is 5.81. The number of nitrogens with zero attached hydrogens (tertiary/aromatic N) is 4. The Hall–Kier alpha value is -1.02. The first-order valence-corrected chi connectivity index (χ1v) is 9.24. The summed E-state index contributed by atoms with van der Waals surface area (Å²) in [6, 6.07) is 0. The highest BCUT2D eigenvalue weighted by Crippen LogP contribution is 2.22. The van der Waals surface area contributed by atoms with Gasteiger partial charge < -0.3 is 15.0 Å². The van der Waals surface area contributed by atoms with Gasteiger partial charge in [-0.25, -0.2) is 0 Å². The summed E-state index contributed by atoms with van der Waals surface area (Å²) in [5, 5.41) is 3.99. The topological polar surface area (TPSA) is 80.7 Å². The Labute approximate surface area is 144 Å². The van der Waals surface area contributed by atoms with Crippen molar-refractivity contribution < 1.29 is 9.26 Å². The van der Waals surface area contributed by atoms with Gasteiger partial charge in [0, 0.05) is 13.1 Å². The molecule has 2 N–H and O–H groups in total. The molecule has 0 radical (unpaired) electrons. The Kier molecular flexibility index (Phi) is 6.21. The second kappa shape index (κ2) is 8.38. The smallest absolute Gasteiger partial charge is 0.240 e. The molecule has 3 heterocycles. The highest BCUT2D eigenvalue weighted by Gasteiger charge is 2.24. The molecule has 2 unspecified atom stereocenters. The van der Waals surface area contributed by atoms with Crippen LogP contribution < -0.4 is 5.73 Å². The van der Waals surface area contributed by atoms with E-state index in [-0.39, 0.29) is 0 Å². The monoisotopic (exact) mass is 337 g/mol. The molecule has 7 heteroatoms. The zero-order valence-electron chi connectivity index (χ0n) is 15.0. The molecule has 2 aliphatic heterocycles. The number of nitrogens with two attached hydrogens (primary N) is 1. The lowest BCUT2D eigenvalue weighted by Gasteiger charge is -2.37. The first-order valence-electron chi connectivity index (χ1n) is 9.24. The van der Waals surface area contributed by atoms with Gasteiger partial charge in [-0.05, 0) is 58.7 Å². The predicted octanol–water partition coefficient (Wildman–Crippen LogP) is 1.24. The third-order valence-electron chi connectivity index (χ3n) is 5.11. The molecular weight excluding hydrogens is 306 g/mol. The van der Waals surface area contributed by atoms with Crippen molar-refractivity contribution in [1.29, 1.82) is 0 Å². The number of piperidine rings is 1. The quantitative estimate of drug-likeness (QED) is 0.836. The maximum absolute atomic E-state index is 5.81. The maximum Gasteiger partial charge on any atom is 0.240 e. The molecule has 2 atom stereocenters. The van der Waals surface area contributed by atoms with E-state index < -0.39 is 0 Å². The lowest BCUT2D eigenvalue weighted by Crippen LogP contribution is -2.46. The van der Waals surface area contributed by atoms with Crippen LogP contribution in [0.1, 0.15) is 44.8 Å². The van der Waals surface area contributed by atoms with Gasteiger partial charge in [0.1, 0.15) is 0 Å². The summed E-state index contributed by atoms with van der Waals surface area (Å²) in [6.45, 7) is 11.0. The Balaban J connectivity index is 1.36. The zero-order chi connectivity index (χ0) is 16.9. The lowest BCUT2D eigenvalue weighted by molar-refractivity contribution is -0.0693. The van der Waals surface area contributed by atoms with Crippen LogP contribution in [0.2, 0.25) is 0 Å². The number of hydrogen-bond donors (Lipinski definition) is 1. The fourth-order valence-electron chi connectivity index (χ4n) is 3.90. The van der Waals surface area contributed by atoms with E-state index in [4.69, 9.17) is 15.0 Å². The molecule has 0 spiro atoms. The Morgan fingerprint density at radius 3 is 2.46 bits per heavy atom. The molecule has 3 rings (SSSR count). The molecule has 0 aliphatic carbocycles. The summed E-state index contributed by atoms with van der Waals surface area (Å²) in [4.78, 5) is 9.28. The molecule has 24 heavy (non-hydrogen) atoms. The van der Waals surface area contributed by atoms with Crippen LogP contribution in [0.5, 0.6) is 0 Å². The van der Waals surface area contributed by atoms with Crippen LogP contribution in [0.15, 0.2) is 4.52 Å². The van der Waals surface area contributed by atoms with E-state index in [2.05, 4.69) is 33.8 Å². The number of rotatable bonds is 6. The van der Waals surface area contributed by atoms with E-state index in [1.807, 2.05) is 0 Å². The largest absolute Gasteiger partial charge is 0.373 e. The predicted molar refractivity (Wildman–Crippen MR) is 91.3 cm³/mol.